The average Bonchev–Trinajstić information content (AvgIpc) is 3.79. The van der Waals surface area contributed by atoms with E-state index < -0.39 is 0 Å². The maximum atomic E-state index is 5.16. The number of aryl methyl sites for hydroxylation is 1. The summed E-state index contributed by atoms with van der Waals surface area (Å²) >= 11 is 0. The Morgan fingerprint density at radius 3 is 1.27 bits per heavy atom. The van der Waals surface area contributed by atoms with Gasteiger partial charge in [-0.1, -0.05) is 188 Å². The number of nitrogens with zero attached hydrogens (tertiary/aromatic N) is 2. The van der Waals surface area contributed by atoms with Gasteiger partial charge in [0.2, 0.25) is 0 Å². The molecule has 1 heterocycles. The molecule has 1 aliphatic carbocycles. The molecule has 56 heavy (non-hydrogen) atoms. The van der Waals surface area contributed by atoms with Gasteiger partial charge in [-0.2, -0.15) is 0 Å². The molecule has 0 amide bonds. The summed E-state index contributed by atoms with van der Waals surface area (Å²) in [4.78, 5) is 5.16. The van der Waals surface area contributed by atoms with Gasteiger partial charge in [0.05, 0.1) is 11.0 Å². The molecule has 0 saturated heterocycles. The van der Waals surface area contributed by atoms with Crippen molar-refractivity contribution in [3.05, 3.63) is 200 Å². The molecule has 0 spiro atoms. The number of hydrogen-bond acceptors (Lipinski definition) is 1. The minimum absolute atomic E-state index is 0.971. The van der Waals surface area contributed by atoms with Crippen LogP contribution in [0.15, 0.2) is 200 Å². The van der Waals surface area contributed by atoms with Crippen molar-refractivity contribution in [3.63, 3.8) is 0 Å². The largest absolute Gasteiger partial charge is 0.327 e. The zero-order valence-electron chi connectivity index (χ0n) is 30.9. The number of hydrogen-bond donors (Lipinski definition) is 0. The average molecular weight is 713 g/mol. The van der Waals surface area contributed by atoms with Crippen molar-refractivity contribution in [1.82, 2.24) is 9.55 Å². The quantitative estimate of drug-likeness (QED) is 0.168. The van der Waals surface area contributed by atoms with Crippen molar-refractivity contribution < 1.29 is 0 Å². The fourth-order valence-electron chi connectivity index (χ4n) is 9.15. The van der Waals surface area contributed by atoms with Crippen LogP contribution in [-0.4, -0.2) is 9.55 Å². The zero-order chi connectivity index (χ0) is 37.2. The highest BCUT2D eigenvalue weighted by molar-refractivity contribution is 6.27. The van der Waals surface area contributed by atoms with E-state index in [-0.39, 0.29) is 0 Å². The van der Waals surface area contributed by atoms with Crippen LogP contribution < -0.4 is 0 Å². The lowest BCUT2D eigenvalue weighted by molar-refractivity contribution is 0.959. The Morgan fingerprint density at radius 1 is 0.339 bits per heavy atom. The smallest absolute Gasteiger partial charge is 0.140 e. The van der Waals surface area contributed by atoms with Crippen molar-refractivity contribution in [2.75, 3.05) is 0 Å². The lowest BCUT2D eigenvalue weighted by Gasteiger charge is -2.26. The van der Waals surface area contributed by atoms with Crippen LogP contribution in [0.4, 0.5) is 0 Å². The number of fused-ring (bicyclic) bond motifs is 4. The molecule has 0 aliphatic heterocycles. The zero-order valence-corrected chi connectivity index (χ0v) is 30.9. The minimum atomic E-state index is 0.971. The van der Waals surface area contributed by atoms with E-state index in [9.17, 15) is 0 Å². The van der Waals surface area contributed by atoms with E-state index in [0.29, 0.717) is 0 Å². The molecule has 262 valence electrons. The second-order valence-corrected chi connectivity index (χ2v) is 14.7. The molecule has 0 N–H and O–H groups in total. The lowest BCUT2D eigenvalue weighted by atomic mass is 9.76. The molecule has 10 aromatic rings. The van der Waals surface area contributed by atoms with Crippen molar-refractivity contribution in [2.24, 2.45) is 7.05 Å². The van der Waals surface area contributed by atoms with Gasteiger partial charge in [-0.05, 0) is 101 Å². The Balaban J connectivity index is 1.25. The summed E-state index contributed by atoms with van der Waals surface area (Å²) in [7, 11) is 2.11. The molecule has 2 nitrogen and oxygen atoms in total. The highest BCUT2D eigenvalue weighted by Crippen LogP contribution is 2.61. The number of rotatable bonds is 6. The first-order chi connectivity index (χ1) is 27.7. The molecule has 2 heteroatoms. The molecule has 0 atom stereocenters. The summed E-state index contributed by atoms with van der Waals surface area (Å²) in [6, 6.07) is 72.8. The number of imidazole rings is 1. The lowest BCUT2D eigenvalue weighted by Crippen LogP contribution is -1.99. The van der Waals surface area contributed by atoms with Crippen molar-refractivity contribution in [2.45, 2.75) is 0 Å². The number of aromatic nitrogens is 2. The molecular weight excluding hydrogens is 677 g/mol. The van der Waals surface area contributed by atoms with E-state index >= 15 is 0 Å². The third-order valence-corrected chi connectivity index (χ3v) is 11.6. The Hall–Kier alpha value is -7.29. The topological polar surface area (TPSA) is 17.8 Å². The van der Waals surface area contributed by atoms with Gasteiger partial charge in [-0.25, -0.2) is 4.98 Å². The van der Waals surface area contributed by atoms with Crippen LogP contribution in [0.3, 0.4) is 0 Å². The van der Waals surface area contributed by atoms with E-state index in [4.69, 9.17) is 4.98 Å². The standard InChI is InChI=1S/C54H36N2/c1-56-46-33-30-40(34-45(46)55-54(56)39-26-15-6-16-27-39)41-31-32-44-51-42(41)28-17-29-43(51)52-49(37-22-11-4-12-23-37)47(35-18-7-2-8-19-35)48(36-20-9-3-10-21-36)50(53(44)52)38-24-13-5-14-25-38/h2-34H,1H3. The maximum Gasteiger partial charge on any atom is 0.140 e. The van der Waals surface area contributed by atoms with Gasteiger partial charge in [0.25, 0.3) is 0 Å². The van der Waals surface area contributed by atoms with Crippen molar-refractivity contribution in [1.29, 1.82) is 0 Å². The summed E-state index contributed by atoms with van der Waals surface area (Å²) in [6.45, 7) is 0. The van der Waals surface area contributed by atoms with Crippen LogP contribution >= 0.6 is 0 Å². The monoisotopic (exact) mass is 712 g/mol. The molecule has 1 aromatic heterocycles. The van der Waals surface area contributed by atoms with E-state index in [1.54, 1.807) is 0 Å². The summed E-state index contributed by atoms with van der Waals surface area (Å²) in [5.41, 5.74) is 20.6. The van der Waals surface area contributed by atoms with Gasteiger partial charge < -0.3 is 4.57 Å². The molecule has 0 radical (unpaired) electrons. The summed E-state index contributed by atoms with van der Waals surface area (Å²) in [5, 5.41) is 2.54. The van der Waals surface area contributed by atoms with Crippen LogP contribution in [0.25, 0.3) is 111 Å². The van der Waals surface area contributed by atoms with Gasteiger partial charge in [-0.3, -0.25) is 0 Å². The maximum absolute atomic E-state index is 5.16. The molecule has 9 aromatic carbocycles. The number of benzene rings is 9. The Morgan fingerprint density at radius 2 is 0.768 bits per heavy atom. The molecule has 0 saturated carbocycles. The van der Waals surface area contributed by atoms with Crippen LogP contribution in [0.1, 0.15) is 0 Å². The highest BCUT2D eigenvalue weighted by atomic mass is 15.1. The molecule has 0 bridgehead atoms. The second kappa shape index (κ2) is 12.9. The minimum Gasteiger partial charge on any atom is -0.327 e. The van der Waals surface area contributed by atoms with Gasteiger partial charge in [0.1, 0.15) is 5.82 Å². The SMILES string of the molecule is Cn1c(-c2ccccc2)nc2cc(-c3ccc4c5c(cccc35)-c3c(-c5ccccc5)c(-c5ccccc5)c(-c5ccccc5)c(-c5ccccc5)c3-4)ccc21. The van der Waals surface area contributed by atoms with Crippen LogP contribution in [0, 0.1) is 0 Å². The molecule has 0 unspecified atom stereocenters. The molecular formula is C54H36N2. The van der Waals surface area contributed by atoms with Gasteiger partial charge in [0.15, 0.2) is 0 Å². The van der Waals surface area contributed by atoms with Crippen LogP contribution in [0.2, 0.25) is 0 Å². The van der Waals surface area contributed by atoms with Gasteiger partial charge in [-0.15, -0.1) is 0 Å². The Kier molecular flexibility index (Phi) is 7.43. The predicted octanol–water partition coefficient (Wildman–Crippen LogP) is 14.4. The normalized spacial score (nSPS) is 11.7. The van der Waals surface area contributed by atoms with Gasteiger partial charge >= 0.3 is 0 Å². The summed E-state index contributed by atoms with van der Waals surface area (Å²) < 4.78 is 2.20. The third kappa shape index (κ3) is 4.93. The summed E-state index contributed by atoms with van der Waals surface area (Å²) in [6.07, 6.45) is 0. The third-order valence-electron chi connectivity index (χ3n) is 11.6. The van der Waals surface area contributed by atoms with Gasteiger partial charge in [0, 0.05) is 12.6 Å². The van der Waals surface area contributed by atoms with E-state index in [0.717, 1.165) is 28.0 Å². The second-order valence-electron chi connectivity index (χ2n) is 14.7. The Labute approximate surface area is 326 Å². The van der Waals surface area contributed by atoms with E-state index in [1.807, 2.05) is 0 Å². The van der Waals surface area contributed by atoms with Crippen molar-refractivity contribution in [3.8, 4) is 89.3 Å². The van der Waals surface area contributed by atoms with Crippen molar-refractivity contribution >= 4 is 21.8 Å². The highest BCUT2D eigenvalue weighted by Gasteiger charge is 2.34. The molecule has 11 rings (SSSR count). The first-order valence-electron chi connectivity index (χ1n) is 19.3. The van der Waals surface area contributed by atoms with Crippen LogP contribution in [0.5, 0.6) is 0 Å². The first kappa shape index (κ1) is 32.2. The summed E-state index contributed by atoms with van der Waals surface area (Å²) in [5.74, 6) is 0.971. The first-order valence-corrected chi connectivity index (χ1v) is 19.3. The molecule has 1 aliphatic rings. The van der Waals surface area contributed by atoms with E-state index in [2.05, 4.69) is 212 Å². The molecule has 0 fully saturated rings. The predicted molar refractivity (Wildman–Crippen MR) is 235 cm³/mol. The van der Waals surface area contributed by atoms with E-state index in [1.165, 1.54) is 83.1 Å². The Bertz CT molecular complexity index is 2980. The fraction of sp³-hybridized carbons (Fsp3) is 0.0185. The van der Waals surface area contributed by atoms with Crippen LogP contribution in [-0.2, 0) is 7.05 Å². The fourth-order valence-corrected chi connectivity index (χ4v) is 9.15.